The van der Waals surface area contributed by atoms with E-state index in [0.29, 0.717) is 37.6 Å². The maximum absolute atomic E-state index is 12.2. The minimum absolute atomic E-state index is 0.204. The highest BCUT2D eigenvalue weighted by Crippen LogP contribution is 2.21. The molecule has 1 amide bonds. The van der Waals surface area contributed by atoms with E-state index in [4.69, 9.17) is 0 Å². The van der Waals surface area contributed by atoms with Crippen LogP contribution in [0.25, 0.3) is 17.1 Å². The summed E-state index contributed by atoms with van der Waals surface area (Å²) in [4.78, 5) is 25.9. The third-order valence-electron chi connectivity index (χ3n) is 4.22. The first-order valence-electron chi connectivity index (χ1n) is 7.67. The molecule has 4 rings (SSSR count). The van der Waals surface area contributed by atoms with Gasteiger partial charge < -0.3 is 15.0 Å². The largest absolute Gasteiger partial charge is 0.393 e. The van der Waals surface area contributed by atoms with Crippen molar-refractivity contribution in [2.75, 3.05) is 13.1 Å². The predicted molar refractivity (Wildman–Crippen MR) is 86.5 cm³/mol. The van der Waals surface area contributed by atoms with Crippen LogP contribution in [0, 0.1) is 0 Å². The van der Waals surface area contributed by atoms with Crippen LogP contribution in [0.5, 0.6) is 0 Å². The number of H-pyrrole nitrogens is 1. The third kappa shape index (κ3) is 2.59. The number of amides is 1. The zero-order chi connectivity index (χ0) is 15.8. The van der Waals surface area contributed by atoms with Crippen molar-refractivity contribution in [3.05, 3.63) is 35.8 Å². The van der Waals surface area contributed by atoms with Gasteiger partial charge in [-0.3, -0.25) is 10.1 Å². The number of nitrogens with one attached hydrogen (secondary N) is 2. The molecule has 0 unspecified atom stereocenters. The Morgan fingerprint density at radius 3 is 3.00 bits per heavy atom. The van der Waals surface area contributed by atoms with Crippen molar-refractivity contribution in [3.63, 3.8) is 0 Å². The highest BCUT2D eigenvalue weighted by molar-refractivity contribution is 6.14. The Hall–Kier alpha value is -2.67. The van der Waals surface area contributed by atoms with Crippen LogP contribution in [-0.4, -0.2) is 51.0 Å². The summed E-state index contributed by atoms with van der Waals surface area (Å²) >= 11 is 0. The lowest BCUT2D eigenvalue weighted by Gasteiger charge is -2.30. The fourth-order valence-corrected chi connectivity index (χ4v) is 2.93. The molecular weight excluding hydrogens is 294 g/mol. The molecule has 118 valence electrons. The highest BCUT2D eigenvalue weighted by atomic mass is 16.3. The highest BCUT2D eigenvalue weighted by Gasteiger charge is 2.27. The van der Waals surface area contributed by atoms with Gasteiger partial charge in [-0.1, -0.05) is 0 Å². The van der Waals surface area contributed by atoms with Gasteiger partial charge in [-0.25, -0.2) is 9.98 Å². The summed E-state index contributed by atoms with van der Waals surface area (Å²) in [6, 6.07) is 3.81. The van der Waals surface area contributed by atoms with Crippen molar-refractivity contribution in [1.29, 1.82) is 0 Å². The molecule has 2 aromatic rings. The van der Waals surface area contributed by atoms with Crippen molar-refractivity contribution in [2.24, 2.45) is 4.99 Å². The molecule has 0 aliphatic carbocycles. The van der Waals surface area contributed by atoms with Gasteiger partial charge in [0.05, 0.1) is 6.10 Å². The van der Waals surface area contributed by atoms with Crippen LogP contribution in [0.4, 0.5) is 0 Å². The van der Waals surface area contributed by atoms with Crippen LogP contribution in [0.3, 0.4) is 0 Å². The number of guanidine groups is 1. The predicted octanol–water partition coefficient (Wildman–Crippen LogP) is 0.846. The zero-order valence-electron chi connectivity index (χ0n) is 12.5. The molecule has 0 saturated carbocycles. The van der Waals surface area contributed by atoms with Crippen LogP contribution in [0.15, 0.2) is 35.2 Å². The molecule has 7 heteroatoms. The first-order valence-corrected chi connectivity index (χ1v) is 7.67. The van der Waals surface area contributed by atoms with Crippen LogP contribution in [0.2, 0.25) is 0 Å². The normalized spacial score (nSPS) is 21.1. The van der Waals surface area contributed by atoms with E-state index >= 15 is 0 Å². The molecule has 23 heavy (non-hydrogen) atoms. The fraction of sp³-hybridized carbons (Fsp3) is 0.312. The van der Waals surface area contributed by atoms with Gasteiger partial charge >= 0.3 is 0 Å². The summed E-state index contributed by atoms with van der Waals surface area (Å²) in [6.45, 7) is 1.40. The first kappa shape index (κ1) is 14.0. The average Bonchev–Trinajstić information content (AvgIpc) is 3.13. The number of aromatic nitrogens is 2. The topological polar surface area (TPSA) is 93.6 Å². The number of aliphatic hydroxyl groups excluding tert-OH is 1. The van der Waals surface area contributed by atoms with Gasteiger partial charge in [0.1, 0.15) is 11.3 Å². The second-order valence-electron chi connectivity index (χ2n) is 5.78. The van der Waals surface area contributed by atoms with E-state index in [9.17, 15) is 9.90 Å². The molecule has 4 heterocycles. The number of nitrogens with zero attached hydrogens (tertiary/aromatic N) is 3. The van der Waals surface area contributed by atoms with E-state index in [1.165, 1.54) is 0 Å². The van der Waals surface area contributed by atoms with Crippen LogP contribution in [0.1, 0.15) is 18.4 Å². The minimum Gasteiger partial charge on any atom is -0.393 e. The Morgan fingerprint density at radius 1 is 1.35 bits per heavy atom. The van der Waals surface area contributed by atoms with Gasteiger partial charge in [0.2, 0.25) is 5.96 Å². The lowest BCUT2D eigenvalue weighted by molar-refractivity contribution is -0.115. The van der Waals surface area contributed by atoms with Crippen LogP contribution >= 0.6 is 0 Å². The number of carbonyl (C=O) groups is 1. The van der Waals surface area contributed by atoms with E-state index in [0.717, 1.165) is 16.6 Å². The molecule has 7 nitrogen and oxygen atoms in total. The number of fused-ring (bicyclic) bond motifs is 1. The lowest BCUT2D eigenvalue weighted by atomic mass is 10.1. The summed E-state index contributed by atoms with van der Waals surface area (Å²) in [7, 11) is 0. The van der Waals surface area contributed by atoms with Crippen molar-refractivity contribution in [2.45, 2.75) is 18.9 Å². The Labute approximate surface area is 132 Å². The number of likely N-dealkylation sites (tertiary alicyclic amines) is 1. The number of pyridine rings is 1. The Bertz CT molecular complexity index is 815. The second-order valence-corrected chi connectivity index (χ2v) is 5.78. The molecule has 2 aliphatic rings. The van der Waals surface area contributed by atoms with Crippen molar-refractivity contribution in [1.82, 2.24) is 20.2 Å². The number of aliphatic hydroxyl groups is 1. The molecule has 3 N–H and O–H groups in total. The van der Waals surface area contributed by atoms with Crippen LogP contribution < -0.4 is 5.32 Å². The molecule has 0 bridgehead atoms. The second kappa shape index (κ2) is 5.51. The van der Waals surface area contributed by atoms with E-state index in [2.05, 4.69) is 20.3 Å². The van der Waals surface area contributed by atoms with Gasteiger partial charge in [0, 0.05) is 36.4 Å². The first-order chi connectivity index (χ1) is 11.2. The Morgan fingerprint density at radius 2 is 2.17 bits per heavy atom. The van der Waals surface area contributed by atoms with E-state index in [1.807, 2.05) is 23.2 Å². The third-order valence-corrected chi connectivity index (χ3v) is 4.22. The molecule has 1 fully saturated rings. The Balaban J connectivity index is 1.62. The van der Waals surface area contributed by atoms with E-state index < -0.39 is 0 Å². The number of hydrogen-bond acceptors (Lipinski definition) is 5. The lowest BCUT2D eigenvalue weighted by Crippen LogP contribution is -2.45. The molecule has 1 saturated heterocycles. The molecular formula is C16H17N5O2. The van der Waals surface area contributed by atoms with E-state index in [-0.39, 0.29) is 12.0 Å². The zero-order valence-corrected chi connectivity index (χ0v) is 12.5. The SMILES string of the molecule is O=C1NC(N2CCC(O)CC2)=N/C1=C\c1c[nH]c2ncccc12. The average molecular weight is 311 g/mol. The van der Waals surface area contributed by atoms with Crippen molar-refractivity contribution in [3.8, 4) is 0 Å². The summed E-state index contributed by atoms with van der Waals surface area (Å²) < 4.78 is 0. The summed E-state index contributed by atoms with van der Waals surface area (Å²) in [5.74, 6) is 0.371. The van der Waals surface area contributed by atoms with Gasteiger partial charge in [0.15, 0.2) is 0 Å². The number of aliphatic imine (C=N–C) groups is 1. The van der Waals surface area contributed by atoms with Gasteiger partial charge in [-0.2, -0.15) is 0 Å². The maximum atomic E-state index is 12.2. The van der Waals surface area contributed by atoms with E-state index in [1.54, 1.807) is 12.3 Å². The fourth-order valence-electron chi connectivity index (χ4n) is 2.93. The standard InChI is InChI=1S/C16H17N5O2/c22-11-3-6-21(7-4-11)16-19-13(15(23)20-16)8-10-9-18-14-12(10)2-1-5-17-14/h1-2,5,8-9,11,22H,3-4,6-7H2,(H,17,18)(H,19,20,23)/b13-8-. The maximum Gasteiger partial charge on any atom is 0.276 e. The quantitative estimate of drug-likeness (QED) is 0.681. The van der Waals surface area contributed by atoms with Gasteiger partial charge in [-0.15, -0.1) is 0 Å². The molecule has 2 aliphatic heterocycles. The van der Waals surface area contributed by atoms with Gasteiger partial charge in [-0.05, 0) is 31.1 Å². The smallest absolute Gasteiger partial charge is 0.276 e. The number of hydrogen-bond donors (Lipinski definition) is 3. The summed E-state index contributed by atoms with van der Waals surface area (Å²) in [6.07, 6.45) is 6.45. The number of aromatic amines is 1. The van der Waals surface area contributed by atoms with Crippen molar-refractivity contribution < 1.29 is 9.90 Å². The molecule has 0 atom stereocenters. The number of carbonyl (C=O) groups excluding carboxylic acids is 1. The Kier molecular flexibility index (Phi) is 3.34. The molecule has 0 aromatic carbocycles. The van der Waals surface area contributed by atoms with Crippen molar-refractivity contribution >= 4 is 29.0 Å². The molecule has 0 radical (unpaired) electrons. The van der Waals surface area contributed by atoms with Gasteiger partial charge in [0.25, 0.3) is 5.91 Å². The van der Waals surface area contributed by atoms with Crippen LogP contribution in [-0.2, 0) is 4.79 Å². The number of rotatable bonds is 1. The minimum atomic E-state index is -0.252. The molecule has 2 aromatic heterocycles. The summed E-state index contributed by atoms with van der Waals surface area (Å²) in [5, 5.41) is 13.3. The number of piperidine rings is 1. The molecule has 0 spiro atoms. The monoisotopic (exact) mass is 311 g/mol. The summed E-state index contributed by atoms with van der Waals surface area (Å²) in [5.41, 5.74) is 2.06.